The molecule has 1 amide bonds. The summed E-state index contributed by atoms with van der Waals surface area (Å²) in [6.45, 7) is 2.75. The van der Waals surface area contributed by atoms with Crippen LogP contribution in [0, 0.1) is 0 Å². The van der Waals surface area contributed by atoms with Gasteiger partial charge >= 0.3 is 0 Å². The summed E-state index contributed by atoms with van der Waals surface area (Å²) in [5.41, 5.74) is 9.50. The number of nitrogens with one attached hydrogen (secondary N) is 1. The van der Waals surface area contributed by atoms with Crippen molar-refractivity contribution in [3.8, 4) is 0 Å². The Morgan fingerprint density at radius 3 is 3.05 bits per heavy atom. The molecule has 0 spiro atoms. The number of fused-ring (bicyclic) bond motifs is 1. The van der Waals surface area contributed by atoms with E-state index in [0.29, 0.717) is 12.5 Å². The number of nitrogens with two attached hydrogens (primary N) is 1. The molecule has 3 rings (SSSR count). The average molecular weight is 259 g/mol. The predicted octanol–water partition coefficient (Wildman–Crippen LogP) is 1.30. The zero-order valence-corrected chi connectivity index (χ0v) is 11.2. The number of nitrogen functional groups attached to an aromatic ring is 1. The Kier molecular flexibility index (Phi) is 3.42. The highest BCUT2D eigenvalue weighted by Gasteiger charge is 2.24. The lowest BCUT2D eigenvalue weighted by molar-refractivity contribution is -0.121. The first-order valence-electron chi connectivity index (χ1n) is 7.10. The molecule has 0 saturated heterocycles. The summed E-state index contributed by atoms with van der Waals surface area (Å²) in [5, 5.41) is 3.04. The van der Waals surface area contributed by atoms with Gasteiger partial charge in [-0.25, -0.2) is 0 Å². The van der Waals surface area contributed by atoms with Gasteiger partial charge in [-0.15, -0.1) is 0 Å². The molecule has 4 nitrogen and oxygen atoms in total. The quantitative estimate of drug-likeness (QED) is 0.801. The Bertz CT molecular complexity index is 482. The van der Waals surface area contributed by atoms with Gasteiger partial charge in [-0.3, -0.25) is 9.69 Å². The van der Waals surface area contributed by atoms with E-state index >= 15 is 0 Å². The Balaban J connectivity index is 1.52. The number of hydrogen-bond acceptors (Lipinski definition) is 3. The van der Waals surface area contributed by atoms with E-state index in [9.17, 15) is 4.79 Å². The van der Waals surface area contributed by atoms with Crippen LogP contribution in [0.5, 0.6) is 0 Å². The molecule has 0 bridgehead atoms. The summed E-state index contributed by atoms with van der Waals surface area (Å²) in [5.74, 6) is 0.195. The Hall–Kier alpha value is -1.55. The summed E-state index contributed by atoms with van der Waals surface area (Å²) in [7, 11) is 0. The highest BCUT2D eigenvalue weighted by Crippen LogP contribution is 2.24. The molecule has 1 saturated carbocycles. The van der Waals surface area contributed by atoms with E-state index < -0.39 is 0 Å². The van der Waals surface area contributed by atoms with E-state index in [1.165, 1.54) is 11.1 Å². The summed E-state index contributed by atoms with van der Waals surface area (Å²) in [6.07, 6.45) is 3.91. The van der Waals surface area contributed by atoms with Gasteiger partial charge in [0, 0.05) is 37.8 Å². The molecule has 1 aliphatic heterocycles. The normalized spacial score (nSPS) is 18.9. The van der Waals surface area contributed by atoms with E-state index in [-0.39, 0.29) is 5.91 Å². The van der Waals surface area contributed by atoms with Gasteiger partial charge in [0.05, 0.1) is 0 Å². The van der Waals surface area contributed by atoms with Crippen LogP contribution in [0.3, 0.4) is 0 Å². The van der Waals surface area contributed by atoms with Crippen molar-refractivity contribution >= 4 is 11.6 Å². The first-order chi connectivity index (χ1) is 9.22. The molecule has 0 unspecified atom stereocenters. The molecule has 0 radical (unpaired) electrons. The van der Waals surface area contributed by atoms with Crippen molar-refractivity contribution < 1.29 is 4.79 Å². The summed E-state index contributed by atoms with van der Waals surface area (Å²) >= 11 is 0. The van der Waals surface area contributed by atoms with Crippen LogP contribution in [0.15, 0.2) is 18.2 Å². The lowest BCUT2D eigenvalue weighted by Crippen LogP contribution is -2.35. The number of nitrogens with zero attached hydrogens (tertiary/aromatic N) is 1. The van der Waals surface area contributed by atoms with Crippen LogP contribution in [0.25, 0.3) is 0 Å². The monoisotopic (exact) mass is 259 g/mol. The van der Waals surface area contributed by atoms with E-state index in [0.717, 1.165) is 44.6 Å². The first-order valence-corrected chi connectivity index (χ1v) is 7.10. The van der Waals surface area contributed by atoms with Crippen molar-refractivity contribution in [2.24, 2.45) is 0 Å². The lowest BCUT2D eigenvalue weighted by atomic mass is 9.98. The van der Waals surface area contributed by atoms with Gasteiger partial charge < -0.3 is 11.1 Å². The number of rotatable bonds is 4. The second-order valence-corrected chi connectivity index (χ2v) is 5.60. The molecule has 2 aliphatic rings. The number of carbonyl (C=O) groups excluding carboxylic acids is 1. The summed E-state index contributed by atoms with van der Waals surface area (Å²) in [4.78, 5) is 14.0. The van der Waals surface area contributed by atoms with E-state index in [4.69, 9.17) is 5.73 Å². The maximum absolute atomic E-state index is 11.7. The van der Waals surface area contributed by atoms with Crippen LogP contribution >= 0.6 is 0 Å². The van der Waals surface area contributed by atoms with Gasteiger partial charge in [0.2, 0.25) is 5.91 Å². The molecular formula is C15H21N3O. The van der Waals surface area contributed by atoms with Crippen molar-refractivity contribution in [2.75, 3.05) is 18.8 Å². The van der Waals surface area contributed by atoms with Gasteiger partial charge in [0.1, 0.15) is 0 Å². The van der Waals surface area contributed by atoms with Gasteiger partial charge in [0.25, 0.3) is 0 Å². The van der Waals surface area contributed by atoms with E-state index in [2.05, 4.69) is 16.3 Å². The fourth-order valence-corrected chi connectivity index (χ4v) is 2.68. The Morgan fingerprint density at radius 2 is 2.26 bits per heavy atom. The summed E-state index contributed by atoms with van der Waals surface area (Å²) < 4.78 is 0. The zero-order valence-electron chi connectivity index (χ0n) is 11.2. The number of benzene rings is 1. The minimum Gasteiger partial charge on any atom is -0.398 e. The van der Waals surface area contributed by atoms with Crippen LogP contribution in [-0.4, -0.2) is 29.9 Å². The number of amides is 1. The number of anilines is 1. The molecule has 0 aromatic heterocycles. The molecule has 1 heterocycles. The first kappa shape index (κ1) is 12.5. The predicted molar refractivity (Wildman–Crippen MR) is 75.6 cm³/mol. The van der Waals surface area contributed by atoms with Crippen LogP contribution in [0.1, 0.15) is 30.4 Å². The molecule has 0 atom stereocenters. The molecule has 1 aliphatic carbocycles. The second-order valence-electron chi connectivity index (χ2n) is 5.60. The van der Waals surface area contributed by atoms with E-state index in [1.54, 1.807) is 0 Å². The largest absolute Gasteiger partial charge is 0.398 e. The van der Waals surface area contributed by atoms with Gasteiger partial charge in [0.15, 0.2) is 0 Å². The minimum absolute atomic E-state index is 0.195. The Morgan fingerprint density at radius 1 is 1.42 bits per heavy atom. The van der Waals surface area contributed by atoms with Crippen molar-refractivity contribution in [1.82, 2.24) is 10.2 Å². The molecule has 1 fully saturated rings. The van der Waals surface area contributed by atoms with Crippen LogP contribution < -0.4 is 11.1 Å². The highest BCUT2D eigenvalue weighted by atomic mass is 16.1. The fourth-order valence-electron chi connectivity index (χ4n) is 2.68. The molecule has 4 heteroatoms. The molecule has 1 aromatic rings. The smallest absolute Gasteiger partial charge is 0.221 e. The van der Waals surface area contributed by atoms with Crippen molar-refractivity contribution in [1.29, 1.82) is 0 Å². The van der Waals surface area contributed by atoms with E-state index in [1.807, 2.05) is 12.1 Å². The topological polar surface area (TPSA) is 58.4 Å². The molecular weight excluding hydrogens is 238 g/mol. The standard InChI is InChI=1S/C15H21N3O/c16-14-3-1-2-11-10-18(8-6-13(11)14)9-7-15(19)17-12-4-5-12/h1-3,12H,4-10,16H2,(H,17,19). The third-order valence-corrected chi connectivity index (χ3v) is 3.98. The van der Waals surface area contributed by atoms with Crippen molar-refractivity contribution in [3.05, 3.63) is 29.3 Å². The van der Waals surface area contributed by atoms with Crippen LogP contribution in [0.4, 0.5) is 5.69 Å². The zero-order chi connectivity index (χ0) is 13.2. The third kappa shape index (κ3) is 3.07. The lowest BCUT2D eigenvalue weighted by Gasteiger charge is -2.29. The van der Waals surface area contributed by atoms with Crippen molar-refractivity contribution in [3.63, 3.8) is 0 Å². The fraction of sp³-hybridized carbons (Fsp3) is 0.533. The van der Waals surface area contributed by atoms with Crippen molar-refractivity contribution in [2.45, 2.75) is 38.3 Å². The van der Waals surface area contributed by atoms with Crippen LogP contribution in [0.2, 0.25) is 0 Å². The maximum atomic E-state index is 11.7. The number of hydrogen-bond donors (Lipinski definition) is 2. The second kappa shape index (κ2) is 5.21. The summed E-state index contributed by atoms with van der Waals surface area (Å²) in [6, 6.07) is 6.59. The highest BCUT2D eigenvalue weighted by molar-refractivity contribution is 5.76. The van der Waals surface area contributed by atoms with Gasteiger partial charge in [-0.05, 0) is 36.5 Å². The number of carbonyl (C=O) groups is 1. The molecule has 19 heavy (non-hydrogen) atoms. The molecule has 102 valence electrons. The maximum Gasteiger partial charge on any atom is 0.221 e. The minimum atomic E-state index is 0.195. The van der Waals surface area contributed by atoms with Crippen LogP contribution in [-0.2, 0) is 17.8 Å². The Labute approximate surface area is 114 Å². The molecule has 3 N–H and O–H groups in total. The SMILES string of the molecule is Nc1cccc2c1CCN(CCC(=O)NC1CC1)C2. The third-order valence-electron chi connectivity index (χ3n) is 3.98. The molecule has 1 aromatic carbocycles. The van der Waals surface area contributed by atoms with Gasteiger partial charge in [-0.2, -0.15) is 0 Å². The van der Waals surface area contributed by atoms with Gasteiger partial charge in [-0.1, -0.05) is 12.1 Å². The average Bonchev–Trinajstić information content (AvgIpc) is 3.20.